The summed E-state index contributed by atoms with van der Waals surface area (Å²) in [5.74, 6) is 0. The first kappa shape index (κ1) is 7.20. The minimum absolute atomic E-state index is 0.0154. The van der Waals surface area contributed by atoms with Crippen molar-refractivity contribution < 1.29 is 9.13 Å². The molecule has 40 valence electrons. The van der Waals surface area contributed by atoms with E-state index in [1.165, 1.54) is 0 Å². The van der Waals surface area contributed by atoms with Crippen LogP contribution in [0.15, 0.2) is 0 Å². The number of hydrogen-bond donors (Lipinski definition) is 0. The van der Waals surface area contributed by atoms with E-state index in [2.05, 4.69) is 0 Å². The third kappa shape index (κ3) is 2.85. The quantitative estimate of drug-likeness (QED) is 0.557. The highest BCUT2D eigenvalue weighted by Gasteiger charge is 2.01. The van der Waals surface area contributed by atoms with Crippen LogP contribution in [0.5, 0.6) is 0 Å². The summed E-state index contributed by atoms with van der Waals surface area (Å²) in [6, 6.07) is 0. The minimum atomic E-state index is -0.181. The van der Waals surface area contributed by atoms with Gasteiger partial charge in [0.25, 0.3) is 0 Å². The molecule has 4 heteroatoms. The van der Waals surface area contributed by atoms with Crippen LogP contribution in [0, 0.1) is 0 Å². The summed E-state index contributed by atoms with van der Waals surface area (Å²) < 4.78 is 19.7. The van der Waals surface area contributed by atoms with Crippen molar-refractivity contribution in [3.8, 4) is 0 Å². The Labute approximate surface area is 45.7 Å². The maximum absolute atomic E-state index is 9.86. The molecular formula is C3H6O2P2. The van der Waals surface area contributed by atoms with Gasteiger partial charge in [-0.1, -0.05) is 6.92 Å². The van der Waals surface area contributed by atoms with Crippen LogP contribution < -0.4 is 0 Å². The van der Waals surface area contributed by atoms with Crippen LogP contribution >= 0.6 is 16.9 Å². The van der Waals surface area contributed by atoms with Gasteiger partial charge in [-0.2, -0.15) is 0 Å². The van der Waals surface area contributed by atoms with E-state index in [1.807, 2.05) is 6.92 Å². The molecule has 0 aliphatic rings. The van der Waals surface area contributed by atoms with E-state index >= 15 is 0 Å². The molecule has 0 aromatic heterocycles. The highest BCUT2D eigenvalue weighted by molar-refractivity contribution is 7.44. The largest absolute Gasteiger partial charge is 0.274 e. The van der Waals surface area contributed by atoms with E-state index in [1.54, 1.807) is 0 Å². The van der Waals surface area contributed by atoms with Crippen LogP contribution in [0.1, 0.15) is 13.3 Å². The van der Waals surface area contributed by atoms with E-state index in [0.717, 1.165) is 0 Å². The fourth-order valence-corrected chi connectivity index (χ4v) is 0.620. The molecule has 0 fully saturated rings. The van der Waals surface area contributed by atoms with Gasteiger partial charge in [-0.25, -0.2) is 0 Å². The van der Waals surface area contributed by atoms with E-state index in [4.69, 9.17) is 0 Å². The van der Waals surface area contributed by atoms with Gasteiger partial charge in [0.2, 0.25) is 0 Å². The van der Waals surface area contributed by atoms with Crippen molar-refractivity contribution in [2.24, 2.45) is 0 Å². The van der Waals surface area contributed by atoms with Gasteiger partial charge in [-0.3, -0.25) is 9.13 Å². The van der Waals surface area contributed by atoms with Gasteiger partial charge < -0.3 is 0 Å². The zero-order valence-corrected chi connectivity index (χ0v) is 5.78. The Morgan fingerprint density at radius 3 is 1.86 bits per heavy atom. The van der Waals surface area contributed by atoms with E-state index < -0.39 is 0 Å². The van der Waals surface area contributed by atoms with Crippen LogP contribution in [0.25, 0.3) is 0 Å². The first-order valence-corrected chi connectivity index (χ1v) is 3.76. The molecule has 0 amide bonds. The molecule has 2 nitrogen and oxygen atoms in total. The third-order valence-electron chi connectivity index (χ3n) is 0.609. The molecule has 0 saturated heterocycles. The number of hydrogen-bond acceptors (Lipinski definition) is 2. The molecule has 0 rings (SSSR count). The molecule has 0 unspecified atom stereocenters. The zero-order valence-electron chi connectivity index (χ0n) is 4.00. The molecular weight excluding hydrogens is 130 g/mol. The zero-order chi connectivity index (χ0) is 5.70. The van der Waals surface area contributed by atoms with Gasteiger partial charge in [0.15, 0.2) is 16.9 Å². The molecule has 0 aliphatic heterocycles. The topological polar surface area (TPSA) is 34.1 Å². The van der Waals surface area contributed by atoms with Gasteiger partial charge in [-0.05, 0) is 6.42 Å². The van der Waals surface area contributed by atoms with Crippen molar-refractivity contribution in [3.05, 3.63) is 0 Å². The smallest absolute Gasteiger partial charge is 0.171 e. The first-order valence-electron chi connectivity index (χ1n) is 2.00. The Kier molecular flexibility index (Phi) is 4.49. The van der Waals surface area contributed by atoms with E-state index in [9.17, 15) is 9.13 Å². The molecule has 0 aliphatic carbocycles. The van der Waals surface area contributed by atoms with Crippen molar-refractivity contribution in [3.63, 3.8) is 0 Å². The number of rotatable bonds is 3. The molecule has 0 aromatic rings. The summed E-state index contributed by atoms with van der Waals surface area (Å²) in [5.41, 5.74) is 0. The fraction of sp³-hybridized carbons (Fsp3) is 1.00. The molecule has 0 saturated carbocycles. The van der Waals surface area contributed by atoms with Gasteiger partial charge in [0, 0.05) is 0 Å². The molecule has 7 heavy (non-hydrogen) atoms. The van der Waals surface area contributed by atoms with Crippen molar-refractivity contribution in [1.82, 2.24) is 0 Å². The van der Waals surface area contributed by atoms with Crippen LogP contribution in [0.4, 0.5) is 0 Å². The van der Waals surface area contributed by atoms with Crippen molar-refractivity contribution in [2.45, 2.75) is 18.7 Å². The molecule has 0 heterocycles. The predicted octanol–water partition coefficient (Wildman–Crippen LogP) is 2.31. The first-order chi connectivity index (χ1) is 3.35. The van der Waals surface area contributed by atoms with Crippen molar-refractivity contribution in [1.29, 1.82) is 0 Å². The van der Waals surface area contributed by atoms with Gasteiger partial charge >= 0.3 is 0 Å². The average Bonchev–Trinajstić information content (AvgIpc) is 1.72. The lowest BCUT2D eigenvalue weighted by molar-refractivity contribution is 0.586. The lowest BCUT2D eigenvalue weighted by Crippen LogP contribution is -1.78. The van der Waals surface area contributed by atoms with Crippen LogP contribution in [0.3, 0.4) is 0 Å². The molecule has 0 radical (unpaired) electrons. The summed E-state index contributed by atoms with van der Waals surface area (Å²) in [7, 11) is -0.0309. The van der Waals surface area contributed by atoms with Crippen LogP contribution in [-0.4, -0.2) is 5.40 Å². The van der Waals surface area contributed by atoms with E-state index in [0.29, 0.717) is 6.42 Å². The predicted molar refractivity (Wildman–Crippen MR) is 29.3 cm³/mol. The molecule has 0 spiro atoms. The SMILES string of the molecule is CCC(P=O)P=O. The van der Waals surface area contributed by atoms with Crippen LogP contribution in [0.2, 0.25) is 0 Å². The highest BCUT2D eigenvalue weighted by Crippen LogP contribution is 2.21. The molecule has 0 N–H and O–H groups in total. The Bertz CT molecular complexity index is 65.3. The Hall–Kier alpha value is 0.200. The lowest BCUT2D eigenvalue weighted by atomic mass is 10.6. The van der Waals surface area contributed by atoms with Gasteiger partial charge in [-0.15, -0.1) is 0 Å². The maximum atomic E-state index is 9.86. The maximum Gasteiger partial charge on any atom is 0.171 e. The minimum Gasteiger partial charge on any atom is -0.274 e. The Morgan fingerprint density at radius 1 is 1.43 bits per heavy atom. The second-order valence-electron chi connectivity index (χ2n) is 1.10. The van der Waals surface area contributed by atoms with Crippen molar-refractivity contribution in [2.75, 3.05) is 0 Å². The standard InChI is InChI=1S/C3H6O2P2/c1-2-3(6-4)7-5/h3H,2H2,1H3. The Morgan fingerprint density at radius 2 is 1.86 bits per heavy atom. The lowest BCUT2D eigenvalue weighted by Gasteiger charge is -1.85. The van der Waals surface area contributed by atoms with Gasteiger partial charge in [0.05, 0.1) is 0 Å². The second kappa shape index (κ2) is 4.36. The van der Waals surface area contributed by atoms with Crippen LogP contribution in [-0.2, 0) is 9.13 Å². The normalized spacial score (nSPS) is 15.0. The molecule has 0 aromatic carbocycles. The summed E-state index contributed by atoms with van der Waals surface area (Å²) in [5, 5.41) is -0.181. The highest BCUT2D eigenvalue weighted by atomic mass is 31.1. The third-order valence-corrected chi connectivity index (χ3v) is 2.39. The van der Waals surface area contributed by atoms with Gasteiger partial charge in [0.1, 0.15) is 5.40 Å². The molecule has 0 bridgehead atoms. The Balaban J connectivity index is 3.36. The second-order valence-corrected chi connectivity index (χ2v) is 3.18. The van der Waals surface area contributed by atoms with E-state index in [-0.39, 0.29) is 22.3 Å². The molecule has 0 atom stereocenters. The summed E-state index contributed by atoms with van der Waals surface area (Å²) in [4.78, 5) is 0. The van der Waals surface area contributed by atoms with Crippen molar-refractivity contribution >= 4 is 16.9 Å². The monoisotopic (exact) mass is 136 g/mol. The summed E-state index contributed by atoms with van der Waals surface area (Å²) >= 11 is 0. The fourth-order valence-electron chi connectivity index (χ4n) is 0.168. The summed E-state index contributed by atoms with van der Waals surface area (Å²) in [6.07, 6.45) is 0.704. The average molecular weight is 136 g/mol. The summed E-state index contributed by atoms with van der Waals surface area (Å²) in [6.45, 7) is 1.85.